The van der Waals surface area contributed by atoms with Gasteiger partial charge in [0.25, 0.3) is 5.91 Å². The second-order valence-electron chi connectivity index (χ2n) is 8.05. The van der Waals surface area contributed by atoms with Gasteiger partial charge < -0.3 is 15.4 Å². The summed E-state index contributed by atoms with van der Waals surface area (Å²) in [5.41, 5.74) is 4.95. The van der Waals surface area contributed by atoms with Crippen LogP contribution in [0.25, 0.3) is 5.69 Å². The maximum atomic E-state index is 12.6. The number of nitrogens with one attached hydrogen (secondary N) is 2. The summed E-state index contributed by atoms with van der Waals surface area (Å²) >= 11 is 0. The third-order valence-corrected chi connectivity index (χ3v) is 5.71. The molecule has 8 nitrogen and oxygen atoms in total. The molecule has 0 saturated carbocycles. The third kappa shape index (κ3) is 6.24. The Hall–Kier alpha value is -4.17. The van der Waals surface area contributed by atoms with E-state index in [2.05, 4.69) is 39.7 Å². The topological polar surface area (TPSA) is 84.3 Å². The minimum atomic E-state index is -0.178. The van der Waals surface area contributed by atoms with Crippen molar-refractivity contribution in [3.05, 3.63) is 90.3 Å². The summed E-state index contributed by atoms with van der Waals surface area (Å²) in [4.78, 5) is 14.9. The SMILES string of the molecule is CCN(CC)Cc1cn(-c2ccc(Nc3cccc(NC(=O)c4ccc(OC)cc4)c3)cc2)nn1. The van der Waals surface area contributed by atoms with E-state index in [0.717, 1.165) is 42.4 Å². The number of amides is 1. The lowest BCUT2D eigenvalue weighted by Gasteiger charge is -2.15. The quantitative estimate of drug-likeness (QED) is 0.335. The minimum absolute atomic E-state index is 0.178. The molecule has 2 N–H and O–H groups in total. The average molecular weight is 471 g/mol. The molecule has 0 aliphatic carbocycles. The number of rotatable bonds is 10. The average Bonchev–Trinajstić information content (AvgIpc) is 3.36. The number of ether oxygens (including phenoxy) is 1. The van der Waals surface area contributed by atoms with Crippen molar-refractivity contribution in [3.8, 4) is 11.4 Å². The fourth-order valence-corrected chi connectivity index (χ4v) is 3.66. The number of hydrogen-bond acceptors (Lipinski definition) is 6. The molecule has 0 radical (unpaired) electrons. The van der Waals surface area contributed by atoms with Gasteiger partial charge in [0, 0.05) is 29.2 Å². The first-order valence-corrected chi connectivity index (χ1v) is 11.6. The fraction of sp³-hybridized carbons (Fsp3) is 0.222. The fourth-order valence-electron chi connectivity index (χ4n) is 3.66. The molecule has 0 unspecified atom stereocenters. The number of hydrogen-bond donors (Lipinski definition) is 2. The normalized spacial score (nSPS) is 10.9. The number of anilines is 3. The standard InChI is InChI=1S/C27H30N6O2/c1-4-32(5-2)18-24-19-33(31-30-24)25-13-11-21(12-14-25)28-22-7-6-8-23(17-22)29-27(34)20-9-15-26(35-3)16-10-20/h6-17,19,28H,4-5,18H2,1-3H3,(H,29,34). The molecule has 0 spiro atoms. The molecule has 0 saturated heterocycles. The van der Waals surface area contributed by atoms with E-state index in [1.807, 2.05) is 54.7 Å². The Morgan fingerprint density at radius 2 is 1.66 bits per heavy atom. The Morgan fingerprint density at radius 3 is 2.34 bits per heavy atom. The molecule has 0 fully saturated rings. The number of benzene rings is 3. The van der Waals surface area contributed by atoms with E-state index in [9.17, 15) is 4.79 Å². The van der Waals surface area contributed by atoms with Crippen molar-refractivity contribution in [2.75, 3.05) is 30.8 Å². The lowest BCUT2D eigenvalue weighted by atomic mass is 10.2. The van der Waals surface area contributed by atoms with Crippen LogP contribution in [0.5, 0.6) is 5.75 Å². The number of carbonyl (C=O) groups excluding carboxylic acids is 1. The van der Waals surface area contributed by atoms with Crippen LogP contribution in [0.2, 0.25) is 0 Å². The van der Waals surface area contributed by atoms with Gasteiger partial charge in [0.15, 0.2) is 0 Å². The lowest BCUT2D eigenvalue weighted by molar-refractivity contribution is 0.102. The third-order valence-electron chi connectivity index (χ3n) is 5.71. The Bertz CT molecular complexity index is 1250. The van der Waals surface area contributed by atoms with E-state index >= 15 is 0 Å². The van der Waals surface area contributed by atoms with Crippen LogP contribution in [0.1, 0.15) is 29.9 Å². The van der Waals surface area contributed by atoms with Crippen molar-refractivity contribution in [3.63, 3.8) is 0 Å². The van der Waals surface area contributed by atoms with E-state index < -0.39 is 0 Å². The van der Waals surface area contributed by atoms with Gasteiger partial charge in [0.2, 0.25) is 0 Å². The first-order chi connectivity index (χ1) is 17.1. The van der Waals surface area contributed by atoms with Gasteiger partial charge in [-0.3, -0.25) is 9.69 Å². The highest BCUT2D eigenvalue weighted by atomic mass is 16.5. The summed E-state index contributed by atoms with van der Waals surface area (Å²) < 4.78 is 6.94. The van der Waals surface area contributed by atoms with E-state index in [0.29, 0.717) is 17.0 Å². The van der Waals surface area contributed by atoms with Gasteiger partial charge in [-0.1, -0.05) is 25.1 Å². The number of carbonyl (C=O) groups is 1. The van der Waals surface area contributed by atoms with Crippen LogP contribution >= 0.6 is 0 Å². The van der Waals surface area contributed by atoms with E-state index in [1.54, 1.807) is 36.1 Å². The van der Waals surface area contributed by atoms with Crippen LogP contribution in [-0.4, -0.2) is 46.0 Å². The number of methoxy groups -OCH3 is 1. The molecule has 1 aromatic heterocycles. The monoisotopic (exact) mass is 470 g/mol. The van der Waals surface area contributed by atoms with Crippen molar-refractivity contribution in [1.82, 2.24) is 19.9 Å². The highest BCUT2D eigenvalue weighted by Gasteiger charge is 2.08. The molecule has 1 heterocycles. The van der Waals surface area contributed by atoms with E-state index in [-0.39, 0.29) is 5.91 Å². The maximum absolute atomic E-state index is 12.6. The van der Waals surface area contributed by atoms with Crippen molar-refractivity contribution in [1.29, 1.82) is 0 Å². The van der Waals surface area contributed by atoms with Crippen LogP contribution < -0.4 is 15.4 Å². The van der Waals surface area contributed by atoms with Gasteiger partial charge in [-0.2, -0.15) is 0 Å². The summed E-state index contributed by atoms with van der Waals surface area (Å²) in [5, 5.41) is 14.9. The summed E-state index contributed by atoms with van der Waals surface area (Å²) in [6.45, 7) is 7.04. The van der Waals surface area contributed by atoms with Gasteiger partial charge in [0.05, 0.1) is 24.7 Å². The predicted molar refractivity (Wildman–Crippen MR) is 139 cm³/mol. The van der Waals surface area contributed by atoms with E-state index in [1.165, 1.54) is 0 Å². The Labute approximate surface area is 205 Å². The minimum Gasteiger partial charge on any atom is -0.497 e. The molecule has 8 heteroatoms. The van der Waals surface area contributed by atoms with Crippen molar-refractivity contribution in [2.45, 2.75) is 20.4 Å². The molecular formula is C27H30N6O2. The molecule has 35 heavy (non-hydrogen) atoms. The van der Waals surface area contributed by atoms with Crippen LogP contribution in [0.3, 0.4) is 0 Å². The number of aromatic nitrogens is 3. The van der Waals surface area contributed by atoms with Gasteiger partial charge in [-0.05, 0) is 79.8 Å². The van der Waals surface area contributed by atoms with Crippen LogP contribution in [-0.2, 0) is 6.54 Å². The summed E-state index contributed by atoms with van der Waals surface area (Å²) in [7, 11) is 1.60. The zero-order chi connectivity index (χ0) is 24.6. The number of nitrogens with zero attached hydrogens (tertiary/aromatic N) is 4. The molecule has 0 aliphatic rings. The van der Waals surface area contributed by atoms with Crippen molar-refractivity contribution < 1.29 is 9.53 Å². The van der Waals surface area contributed by atoms with Crippen LogP contribution in [0.15, 0.2) is 79.0 Å². The highest BCUT2D eigenvalue weighted by molar-refractivity contribution is 6.04. The van der Waals surface area contributed by atoms with Gasteiger partial charge >= 0.3 is 0 Å². The smallest absolute Gasteiger partial charge is 0.255 e. The van der Waals surface area contributed by atoms with Crippen molar-refractivity contribution in [2.24, 2.45) is 0 Å². The van der Waals surface area contributed by atoms with Crippen LogP contribution in [0.4, 0.5) is 17.1 Å². The highest BCUT2D eigenvalue weighted by Crippen LogP contribution is 2.22. The van der Waals surface area contributed by atoms with Gasteiger partial charge in [-0.25, -0.2) is 4.68 Å². The zero-order valence-corrected chi connectivity index (χ0v) is 20.2. The van der Waals surface area contributed by atoms with Crippen molar-refractivity contribution >= 4 is 23.0 Å². The second-order valence-corrected chi connectivity index (χ2v) is 8.05. The Kier molecular flexibility index (Phi) is 7.74. The molecule has 0 bridgehead atoms. The molecule has 1 amide bonds. The second kappa shape index (κ2) is 11.3. The first kappa shape index (κ1) is 24.0. The largest absolute Gasteiger partial charge is 0.497 e. The molecule has 3 aromatic carbocycles. The summed E-state index contributed by atoms with van der Waals surface area (Å²) in [6.07, 6.45) is 1.97. The molecule has 0 atom stereocenters. The molecule has 4 aromatic rings. The zero-order valence-electron chi connectivity index (χ0n) is 20.2. The maximum Gasteiger partial charge on any atom is 0.255 e. The summed E-state index contributed by atoms with van der Waals surface area (Å²) in [6, 6.07) is 22.6. The molecule has 0 aliphatic heterocycles. The predicted octanol–water partition coefficient (Wildman–Crippen LogP) is 5.11. The first-order valence-electron chi connectivity index (χ1n) is 11.6. The summed E-state index contributed by atoms with van der Waals surface area (Å²) in [5.74, 6) is 0.532. The Balaban J connectivity index is 1.38. The lowest BCUT2D eigenvalue weighted by Crippen LogP contribution is -2.22. The molecular weight excluding hydrogens is 440 g/mol. The van der Waals surface area contributed by atoms with E-state index in [4.69, 9.17) is 4.74 Å². The Morgan fingerprint density at radius 1 is 0.943 bits per heavy atom. The van der Waals surface area contributed by atoms with Gasteiger partial charge in [0.1, 0.15) is 5.75 Å². The van der Waals surface area contributed by atoms with Gasteiger partial charge in [-0.15, -0.1) is 5.10 Å². The molecule has 180 valence electrons. The molecule has 4 rings (SSSR count). The van der Waals surface area contributed by atoms with Crippen LogP contribution in [0, 0.1) is 0 Å².